The molecular weight excluding hydrogens is 206 g/mol. The maximum absolute atomic E-state index is 11.4. The fraction of sp³-hybridized carbons (Fsp3) is 0.182. The van der Waals surface area contributed by atoms with Gasteiger partial charge in [-0.2, -0.15) is 0 Å². The first kappa shape index (κ1) is 10.4. The van der Waals surface area contributed by atoms with Crippen LogP contribution in [0.2, 0.25) is 0 Å². The Morgan fingerprint density at radius 3 is 2.88 bits per heavy atom. The van der Waals surface area contributed by atoms with Gasteiger partial charge in [0.15, 0.2) is 0 Å². The Morgan fingerprint density at radius 2 is 2.25 bits per heavy atom. The van der Waals surface area contributed by atoms with Crippen molar-refractivity contribution in [2.75, 3.05) is 14.1 Å². The molecule has 2 rings (SSSR count). The Kier molecular flexibility index (Phi) is 2.68. The van der Waals surface area contributed by atoms with E-state index in [9.17, 15) is 4.79 Å². The molecule has 0 radical (unpaired) electrons. The van der Waals surface area contributed by atoms with E-state index in [1.165, 1.54) is 0 Å². The van der Waals surface area contributed by atoms with Crippen molar-refractivity contribution >= 4 is 11.7 Å². The van der Waals surface area contributed by atoms with E-state index in [1.807, 2.05) is 20.2 Å². The summed E-state index contributed by atoms with van der Waals surface area (Å²) < 4.78 is 0. The van der Waals surface area contributed by atoms with Crippen LogP contribution in [0.3, 0.4) is 0 Å². The van der Waals surface area contributed by atoms with Crippen LogP contribution in [0.5, 0.6) is 0 Å². The number of carbonyl (C=O) groups is 1. The first-order valence-corrected chi connectivity index (χ1v) is 4.77. The van der Waals surface area contributed by atoms with E-state index in [1.54, 1.807) is 29.6 Å². The summed E-state index contributed by atoms with van der Waals surface area (Å²) in [6.45, 7) is 0. The molecule has 1 aliphatic heterocycles. The molecule has 0 N–H and O–H groups in total. The maximum Gasteiger partial charge on any atom is 0.369 e. The third-order valence-corrected chi connectivity index (χ3v) is 2.02. The third-order valence-electron chi connectivity index (χ3n) is 2.02. The van der Waals surface area contributed by atoms with Gasteiger partial charge in [0.1, 0.15) is 11.3 Å². The van der Waals surface area contributed by atoms with Gasteiger partial charge in [-0.05, 0) is 12.1 Å². The summed E-state index contributed by atoms with van der Waals surface area (Å²) in [5, 5.41) is 3.75. The Bertz CT molecular complexity index is 463. The number of hydrogen-bond acceptors (Lipinski definition) is 5. The van der Waals surface area contributed by atoms with Crippen LogP contribution >= 0.6 is 0 Å². The molecule has 0 aliphatic carbocycles. The lowest BCUT2D eigenvalue weighted by molar-refractivity contribution is -0.136. The molecule has 0 unspecified atom stereocenters. The number of nitrogens with zero attached hydrogens (tertiary/aromatic N) is 3. The van der Waals surface area contributed by atoms with Crippen LogP contribution in [0.4, 0.5) is 0 Å². The zero-order valence-corrected chi connectivity index (χ0v) is 9.04. The number of oxime groups is 1. The topological polar surface area (TPSA) is 54.8 Å². The summed E-state index contributed by atoms with van der Waals surface area (Å²) in [7, 11) is 3.67. The number of pyridine rings is 1. The molecule has 0 saturated carbocycles. The van der Waals surface area contributed by atoms with Crippen molar-refractivity contribution in [3.05, 3.63) is 41.9 Å². The molecule has 0 fully saturated rings. The SMILES string of the molecule is CN(C)C=C1C(=O)ON=C1c1cccnc1. The molecule has 82 valence electrons. The molecule has 2 heterocycles. The highest BCUT2D eigenvalue weighted by Gasteiger charge is 2.27. The van der Waals surface area contributed by atoms with Crippen LogP contribution in [0, 0.1) is 0 Å². The minimum Gasteiger partial charge on any atom is -0.383 e. The maximum atomic E-state index is 11.4. The Labute approximate surface area is 93.0 Å². The quantitative estimate of drug-likeness (QED) is 0.543. The molecule has 0 bridgehead atoms. The van der Waals surface area contributed by atoms with E-state index in [0.29, 0.717) is 11.3 Å². The van der Waals surface area contributed by atoms with E-state index < -0.39 is 5.97 Å². The lowest BCUT2D eigenvalue weighted by Crippen LogP contribution is -2.12. The standard InChI is InChI=1S/C11H11N3O2/c1-14(2)7-9-10(13-16-11(9)15)8-4-3-5-12-6-8/h3-7H,1-2H3. The van der Waals surface area contributed by atoms with Gasteiger partial charge in [0.2, 0.25) is 0 Å². The monoisotopic (exact) mass is 217 g/mol. The first-order valence-electron chi connectivity index (χ1n) is 4.77. The van der Waals surface area contributed by atoms with E-state index >= 15 is 0 Å². The van der Waals surface area contributed by atoms with E-state index in [2.05, 4.69) is 15.0 Å². The highest BCUT2D eigenvalue weighted by Crippen LogP contribution is 2.17. The molecule has 0 aromatic carbocycles. The van der Waals surface area contributed by atoms with Crippen molar-refractivity contribution in [2.45, 2.75) is 0 Å². The minimum atomic E-state index is -0.437. The van der Waals surface area contributed by atoms with Crippen molar-refractivity contribution in [1.29, 1.82) is 0 Å². The number of aromatic nitrogens is 1. The molecular formula is C11H11N3O2. The van der Waals surface area contributed by atoms with Crippen molar-refractivity contribution in [3.8, 4) is 0 Å². The van der Waals surface area contributed by atoms with Crippen molar-refractivity contribution in [3.63, 3.8) is 0 Å². The third kappa shape index (κ3) is 1.93. The zero-order chi connectivity index (χ0) is 11.5. The molecule has 0 spiro atoms. The van der Waals surface area contributed by atoms with Crippen LogP contribution in [-0.4, -0.2) is 35.7 Å². The summed E-state index contributed by atoms with van der Waals surface area (Å²) in [4.78, 5) is 21.9. The normalized spacial score (nSPS) is 17.2. The number of carbonyl (C=O) groups excluding carboxylic acids is 1. The first-order chi connectivity index (χ1) is 7.68. The smallest absolute Gasteiger partial charge is 0.369 e. The summed E-state index contributed by atoms with van der Waals surface area (Å²) in [6, 6.07) is 3.62. The lowest BCUT2D eigenvalue weighted by Gasteiger charge is -2.06. The highest BCUT2D eigenvalue weighted by atomic mass is 16.7. The summed E-state index contributed by atoms with van der Waals surface area (Å²) in [6.07, 6.45) is 4.99. The Hall–Kier alpha value is -2.17. The molecule has 5 nitrogen and oxygen atoms in total. The lowest BCUT2D eigenvalue weighted by atomic mass is 10.1. The predicted molar refractivity (Wildman–Crippen MR) is 58.6 cm³/mol. The Morgan fingerprint density at radius 1 is 1.44 bits per heavy atom. The Balaban J connectivity index is 2.39. The van der Waals surface area contributed by atoms with Crippen LogP contribution in [0.15, 0.2) is 41.5 Å². The molecule has 0 saturated heterocycles. The molecule has 1 aromatic heterocycles. The van der Waals surface area contributed by atoms with Crippen LogP contribution in [0.1, 0.15) is 5.56 Å². The van der Waals surface area contributed by atoms with Crippen molar-refractivity contribution in [1.82, 2.24) is 9.88 Å². The van der Waals surface area contributed by atoms with Gasteiger partial charge < -0.3 is 9.74 Å². The fourth-order valence-electron chi connectivity index (χ4n) is 1.37. The van der Waals surface area contributed by atoms with Gasteiger partial charge in [-0.15, -0.1) is 0 Å². The van der Waals surface area contributed by atoms with Crippen LogP contribution in [-0.2, 0) is 9.63 Å². The van der Waals surface area contributed by atoms with E-state index in [4.69, 9.17) is 0 Å². The van der Waals surface area contributed by atoms with Gasteiger partial charge >= 0.3 is 5.97 Å². The highest BCUT2D eigenvalue weighted by molar-refractivity contribution is 6.28. The average Bonchev–Trinajstić information content (AvgIpc) is 2.61. The number of rotatable bonds is 2. The van der Waals surface area contributed by atoms with E-state index in [-0.39, 0.29) is 0 Å². The second-order valence-corrected chi connectivity index (χ2v) is 3.57. The van der Waals surface area contributed by atoms with Gasteiger partial charge in [0.05, 0.1) is 0 Å². The summed E-state index contributed by atoms with van der Waals surface area (Å²) >= 11 is 0. The molecule has 0 amide bonds. The summed E-state index contributed by atoms with van der Waals surface area (Å²) in [5.41, 5.74) is 1.73. The predicted octanol–water partition coefficient (Wildman–Crippen LogP) is 0.788. The van der Waals surface area contributed by atoms with Gasteiger partial charge in [0, 0.05) is 38.3 Å². The zero-order valence-electron chi connectivity index (χ0n) is 9.04. The average molecular weight is 217 g/mol. The van der Waals surface area contributed by atoms with Crippen molar-refractivity contribution < 1.29 is 9.63 Å². The molecule has 16 heavy (non-hydrogen) atoms. The fourth-order valence-corrected chi connectivity index (χ4v) is 1.37. The molecule has 1 aromatic rings. The second kappa shape index (κ2) is 4.14. The molecule has 5 heteroatoms. The largest absolute Gasteiger partial charge is 0.383 e. The van der Waals surface area contributed by atoms with Crippen LogP contribution in [0.25, 0.3) is 0 Å². The van der Waals surface area contributed by atoms with Gasteiger partial charge in [-0.25, -0.2) is 4.79 Å². The van der Waals surface area contributed by atoms with Crippen molar-refractivity contribution in [2.24, 2.45) is 5.16 Å². The van der Waals surface area contributed by atoms with Crippen LogP contribution < -0.4 is 0 Å². The minimum absolute atomic E-state index is 0.437. The molecule has 1 aliphatic rings. The second-order valence-electron chi connectivity index (χ2n) is 3.57. The summed E-state index contributed by atoms with van der Waals surface area (Å²) in [5.74, 6) is -0.437. The van der Waals surface area contributed by atoms with Gasteiger partial charge in [-0.3, -0.25) is 4.98 Å². The molecule has 0 atom stereocenters. The number of hydrogen-bond donors (Lipinski definition) is 0. The van der Waals surface area contributed by atoms with Gasteiger partial charge in [-0.1, -0.05) is 5.16 Å². The van der Waals surface area contributed by atoms with Gasteiger partial charge in [0.25, 0.3) is 0 Å². The van der Waals surface area contributed by atoms with E-state index in [0.717, 1.165) is 5.56 Å².